The molecule has 0 aromatic heterocycles. The van der Waals surface area contributed by atoms with Gasteiger partial charge in [0.2, 0.25) is 5.78 Å². The van der Waals surface area contributed by atoms with Crippen LogP contribution >= 0.6 is 0 Å². The predicted molar refractivity (Wildman–Crippen MR) is 425 cm³/mol. The molecule has 6 unspecified atom stereocenters. The zero-order chi connectivity index (χ0) is 80.5. The highest BCUT2D eigenvalue weighted by atomic mass is 32.2. The molecule has 11 fully saturated rings. The number of sulfonamides is 1. The second-order valence-corrected chi connectivity index (χ2v) is 41.7. The van der Waals surface area contributed by atoms with Crippen molar-refractivity contribution >= 4 is 60.4 Å². The van der Waals surface area contributed by atoms with Crippen molar-refractivity contribution in [1.82, 2.24) is 4.31 Å². The van der Waals surface area contributed by atoms with Gasteiger partial charge in [0.1, 0.15) is 23.5 Å². The number of rotatable bonds is 19. The lowest BCUT2D eigenvalue weighted by Crippen LogP contribution is -2.63. The summed E-state index contributed by atoms with van der Waals surface area (Å²) in [6, 6.07) is 71.4. The van der Waals surface area contributed by atoms with Crippen LogP contribution in [0.15, 0.2) is 236 Å². The number of carbonyl (C=O) groups is 3. The van der Waals surface area contributed by atoms with Gasteiger partial charge < -0.3 is 9.47 Å². The topological polar surface area (TPSA) is 107 Å². The molecular formula is C90H106F10NO7S4+3. The summed E-state index contributed by atoms with van der Waals surface area (Å²) in [6.07, 6.45) is 16.3. The Balaban J connectivity index is 0.000000133. The van der Waals surface area contributed by atoms with Gasteiger partial charge >= 0.3 is 35.0 Å². The van der Waals surface area contributed by atoms with Crippen molar-refractivity contribution in [1.29, 1.82) is 0 Å². The molecule has 2 saturated heterocycles. The zero-order valence-corrected chi connectivity index (χ0v) is 68.0. The minimum atomic E-state index is -5.99. The third-order valence-electron chi connectivity index (χ3n) is 23.9. The van der Waals surface area contributed by atoms with Gasteiger partial charge in [-0.05, 0) is 245 Å². The van der Waals surface area contributed by atoms with Gasteiger partial charge in [-0.3, -0.25) is 9.59 Å². The first-order valence-corrected chi connectivity index (χ1v) is 44.8. The molecule has 8 bridgehead atoms. The highest BCUT2D eigenvalue weighted by molar-refractivity contribution is 7.99. The number of Topliss-reactive ketones (excluding diaryl/α,β-unsaturated/α-hetero) is 1. The lowest BCUT2D eigenvalue weighted by atomic mass is 9.76. The van der Waals surface area contributed by atoms with E-state index in [4.69, 9.17) is 9.47 Å². The predicted octanol–water partition coefficient (Wildman–Crippen LogP) is 23.0. The molecule has 0 spiro atoms. The van der Waals surface area contributed by atoms with E-state index >= 15 is 0 Å². The van der Waals surface area contributed by atoms with E-state index in [1.54, 1.807) is 0 Å². The van der Waals surface area contributed by atoms with Gasteiger partial charge in [0.05, 0.1) is 28.4 Å². The highest BCUT2D eigenvalue weighted by Gasteiger charge is 2.77. The average molecular weight is 1630 g/mol. The van der Waals surface area contributed by atoms with E-state index in [1.807, 2.05) is 30.3 Å². The van der Waals surface area contributed by atoms with E-state index in [0.717, 1.165) is 69.3 Å². The van der Waals surface area contributed by atoms with Crippen molar-refractivity contribution in [3.63, 3.8) is 0 Å². The van der Waals surface area contributed by atoms with Crippen LogP contribution in [0.2, 0.25) is 0 Å². The number of aryl methyl sites for hydroxylation is 1. The van der Waals surface area contributed by atoms with Crippen LogP contribution in [0, 0.1) is 53.8 Å². The fourth-order valence-corrected chi connectivity index (χ4v) is 27.6. The van der Waals surface area contributed by atoms with E-state index in [0.29, 0.717) is 59.9 Å². The Hall–Kier alpha value is -6.59. The first kappa shape index (κ1) is 86.3. The molecular weight excluding hydrogens is 1530 g/mol. The number of esters is 2. The Morgan fingerprint density at radius 1 is 0.491 bits per heavy atom. The van der Waals surface area contributed by atoms with Gasteiger partial charge in [-0.25, -0.2) is 22.0 Å². The molecule has 604 valence electrons. The quantitative estimate of drug-likeness (QED) is 0.0343. The fraction of sp³-hybridized carbons (Fsp3) is 0.500. The molecule has 2 aliphatic heterocycles. The highest BCUT2D eigenvalue weighted by Crippen LogP contribution is 2.66. The van der Waals surface area contributed by atoms with Crippen LogP contribution in [0.3, 0.4) is 0 Å². The number of carbonyl (C=O) groups excluding carboxylic acids is 3. The minimum Gasteiger partial charge on any atom is -0.461 e. The standard InChI is InChI=1S/C19H17S.C18H15S.C14H19OS.C13H19F6NO2S.2C13H18F2O2/c1-16-12-14-19(15-13-16)20(17-8-4-2-5-9-17)18-10-6-3-7-11-18;1-4-10-16(11-5-1)19(17-12-6-2-7-13-17)18-14-8-3-9-15-18;1-14(2,16-10-6-7-11-16)13(15)12-8-4-3-5-9-12;1-11(14,15)12(16,17)13(18,19)23(21,22)20-8-4-6-9-5-2-3-7-10(9)20;1-12(14,15)11(16)17-7-13-5-8-2-9(6-13)4-10(13)3-8;1-12(14,15)7-11(16)17-13-5-8-2-9(6-13)4-10(13)3-8/h2-15H,1H3;1-15H;3-5,8-9H,6-7,10-11H2,1-2H3;9-10H,2-8H2,1H3;2*8-10H,2-7H2,1H3/q3*+1;;;. The number of halogens is 10. The second-order valence-electron chi connectivity index (χ2n) is 32.9. The summed E-state index contributed by atoms with van der Waals surface area (Å²) < 4.78 is 166. The second kappa shape index (κ2) is 36.3. The van der Waals surface area contributed by atoms with Gasteiger partial charge in [-0.1, -0.05) is 152 Å². The van der Waals surface area contributed by atoms with Crippen molar-refractivity contribution in [3.8, 4) is 0 Å². The molecule has 9 aliphatic carbocycles. The van der Waals surface area contributed by atoms with E-state index in [2.05, 4.69) is 197 Å². The van der Waals surface area contributed by atoms with Gasteiger partial charge in [-0.2, -0.15) is 39.4 Å². The van der Waals surface area contributed by atoms with Crippen LogP contribution in [0.25, 0.3) is 0 Å². The summed E-state index contributed by atoms with van der Waals surface area (Å²) in [4.78, 5) is 43.3. The van der Waals surface area contributed by atoms with Crippen LogP contribution in [-0.4, -0.2) is 100 Å². The Bertz CT molecular complexity index is 4140. The maximum atomic E-state index is 14.0. The third-order valence-corrected chi connectivity index (χ3v) is 33.6. The van der Waals surface area contributed by atoms with E-state index in [9.17, 15) is 66.7 Å². The third kappa shape index (κ3) is 20.4. The van der Waals surface area contributed by atoms with Crippen molar-refractivity contribution in [2.75, 3.05) is 24.7 Å². The minimum absolute atomic E-state index is 0.0146. The summed E-state index contributed by atoms with van der Waals surface area (Å²) in [5, 5.41) is -5.86. The number of ether oxygens (including phenoxy) is 2. The lowest BCUT2D eigenvalue weighted by molar-refractivity contribution is -0.272. The van der Waals surface area contributed by atoms with Gasteiger partial charge in [0, 0.05) is 48.3 Å². The first-order chi connectivity index (χ1) is 53.0. The number of benzene rings is 7. The van der Waals surface area contributed by atoms with Crippen LogP contribution in [0.5, 0.6) is 0 Å². The van der Waals surface area contributed by atoms with Crippen molar-refractivity contribution in [2.45, 2.75) is 238 Å². The van der Waals surface area contributed by atoms with Crippen LogP contribution < -0.4 is 0 Å². The summed E-state index contributed by atoms with van der Waals surface area (Å²) in [6.45, 7) is 7.21. The van der Waals surface area contributed by atoms with Crippen LogP contribution in [0.1, 0.15) is 173 Å². The summed E-state index contributed by atoms with van der Waals surface area (Å²) in [5.41, 5.74) is 1.86. The van der Waals surface area contributed by atoms with Crippen molar-refractivity contribution in [2.24, 2.45) is 46.8 Å². The summed E-state index contributed by atoms with van der Waals surface area (Å²) in [7, 11) is -5.66. The van der Waals surface area contributed by atoms with Crippen molar-refractivity contribution in [3.05, 3.63) is 217 Å². The monoisotopic (exact) mass is 1630 g/mol. The zero-order valence-electron chi connectivity index (χ0n) is 64.7. The van der Waals surface area contributed by atoms with E-state index in [-0.39, 0.29) is 80.4 Å². The number of hydrogen-bond acceptors (Lipinski definition) is 7. The number of hydrogen-bond donors (Lipinski definition) is 0. The van der Waals surface area contributed by atoms with Gasteiger partial charge in [0.15, 0.2) is 34.1 Å². The molecule has 7 aromatic carbocycles. The van der Waals surface area contributed by atoms with Crippen LogP contribution in [0.4, 0.5) is 43.9 Å². The summed E-state index contributed by atoms with van der Waals surface area (Å²) >= 11 is 0. The molecule has 2 heterocycles. The smallest absolute Gasteiger partial charge is 0.427 e. The molecule has 11 aliphatic rings. The number of alkyl halides is 10. The maximum Gasteiger partial charge on any atom is 0.427 e. The summed E-state index contributed by atoms with van der Waals surface area (Å²) in [5.74, 6) is -13.0. The first-order valence-electron chi connectivity index (χ1n) is 39.4. The Morgan fingerprint density at radius 2 is 0.884 bits per heavy atom. The SMILES string of the molecule is CC(C)(C(=O)c1ccccc1)[S+]1CCCC1.CC(F)(F)C(=O)OCC12CC3CC(CC1C3)C2.CC(F)(F)C(F)(F)C(F)(F)S(=O)(=O)N1CCCC2CCCCC21.CC(F)(F)CC(=O)OC12CC3CC(CC1C3)C2.Cc1ccc([S+](c2ccccc2)c2ccccc2)cc1.c1ccc([S+](c2ccccc2)c2ccccc2)cc1. The molecule has 112 heavy (non-hydrogen) atoms. The largest absolute Gasteiger partial charge is 0.461 e. The Morgan fingerprint density at radius 3 is 1.30 bits per heavy atom. The molecule has 18 rings (SSSR count). The van der Waals surface area contributed by atoms with Gasteiger partial charge in [0.25, 0.3) is 15.9 Å². The van der Waals surface area contributed by atoms with E-state index in [1.165, 1.54) is 85.0 Å². The lowest BCUT2D eigenvalue weighted by Gasteiger charge is -2.45. The Labute approximate surface area is 663 Å². The molecule has 22 heteroatoms. The molecule has 9 saturated carbocycles. The molecule has 0 amide bonds. The van der Waals surface area contributed by atoms with Gasteiger partial charge in [-0.15, -0.1) is 0 Å². The molecule has 0 N–H and O–H groups in total. The number of fused-ring (bicyclic) bond motifs is 1. The van der Waals surface area contributed by atoms with E-state index < -0.39 is 70.3 Å². The van der Waals surface area contributed by atoms with Crippen molar-refractivity contribution < 1.29 is 76.2 Å². The molecule has 7 aromatic rings. The maximum absolute atomic E-state index is 14.0. The Kier molecular flexibility index (Phi) is 28.0. The molecule has 6 atom stereocenters. The average Bonchev–Trinajstić information content (AvgIpc) is 1.46. The van der Waals surface area contributed by atoms with Crippen LogP contribution in [-0.2, 0) is 61.8 Å². The number of ketones is 1. The normalized spacial score (nSPS) is 25.2. The fourth-order valence-electron chi connectivity index (χ4n) is 18.9. The molecule has 8 nitrogen and oxygen atoms in total. The molecule has 0 radical (unpaired) electrons. The number of piperidine rings is 1. The number of nitrogens with zero attached hydrogens (tertiary/aromatic N) is 1.